The number of hydrogen-bond donors (Lipinski definition) is 2. The van der Waals surface area contributed by atoms with Crippen LogP contribution in [-0.4, -0.2) is 25.3 Å². The third kappa shape index (κ3) is 2.20. The summed E-state index contributed by atoms with van der Waals surface area (Å²) in [4.78, 5) is 8.13. The Bertz CT molecular complexity index is 631. The lowest BCUT2D eigenvalue weighted by atomic mass is 10.4. The van der Waals surface area contributed by atoms with E-state index < -0.39 is 0 Å². The highest BCUT2D eigenvalue weighted by Crippen LogP contribution is 2.21. The van der Waals surface area contributed by atoms with Crippen LogP contribution in [0, 0.1) is 0 Å². The van der Waals surface area contributed by atoms with Gasteiger partial charge in [-0.15, -0.1) is 5.10 Å². The van der Waals surface area contributed by atoms with Gasteiger partial charge in [-0.25, -0.2) is 5.10 Å². The van der Waals surface area contributed by atoms with E-state index in [0.29, 0.717) is 28.4 Å². The van der Waals surface area contributed by atoms with Gasteiger partial charge < -0.3 is 14.7 Å². The van der Waals surface area contributed by atoms with Crippen LogP contribution in [0.3, 0.4) is 0 Å². The van der Waals surface area contributed by atoms with Gasteiger partial charge in [0.25, 0.3) is 0 Å². The Kier molecular flexibility index (Phi) is 2.73. The van der Waals surface area contributed by atoms with E-state index in [1.54, 1.807) is 18.4 Å². The summed E-state index contributed by atoms with van der Waals surface area (Å²) in [7, 11) is 0. The van der Waals surface area contributed by atoms with Crippen LogP contribution in [-0.2, 0) is 5.75 Å². The average molecular weight is 264 g/mol. The van der Waals surface area contributed by atoms with E-state index in [-0.39, 0.29) is 5.95 Å². The summed E-state index contributed by atoms with van der Waals surface area (Å²) in [6.45, 7) is 0. The van der Waals surface area contributed by atoms with Crippen LogP contribution >= 0.6 is 11.8 Å². The Hall–Kier alpha value is -2.29. The number of hydrogen-bond acceptors (Lipinski definition) is 8. The van der Waals surface area contributed by atoms with Crippen molar-refractivity contribution in [3.8, 4) is 11.6 Å². The first-order valence-corrected chi connectivity index (χ1v) is 5.97. The molecule has 0 aliphatic carbocycles. The van der Waals surface area contributed by atoms with Gasteiger partial charge in [0, 0.05) is 0 Å². The first-order valence-electron chi connectivity index (χ1n) is 4.98. The molecule has 3 rings (SSSR count). The topological polar surface area (TPSA) is 120 Å². The molecule has 0 saturated carbocycles. The number of aromatic amines is 1. The predicted octanol–water partition coefficient (Wildman–Crippen LogP) is 1.32. The number of H-pyrrole nitrogens is 1. The summed E-state index contributed by atoms with van der Waals surface area (Å²) in [6, 6.07) is 3.52. The molecule has 0 saturated heterocycles. The van der Waals surface area contributed by atoms with Gasteiger partial charge in [-0.3, -0.25) is 0 Å². The zero-order valence-electron chi connectivity index (χ0n) is 9.03. The standard InChI is InChI=1S/C9H8N6O2S/c10-8-12-9(14-13-8)18-4-6-11-7(15-17-6)5-2-1-3-16-5/h1-3H,4H2,(H3,10,12,13,14). The maximum Gasteiger partial charge on any atom is 0.238 e. The fraction of sp³-hybridized carbons (Fsp3) is 0.111. The van der Waals surface area contributed by atoms with Crippen LogP contribution in [0.2, 0.25) is 0 Å². The second-order valence-corrected chi connectivity index (χ2v) is 4.22. The van der Waals surface area contributed by atoms with E-state index in [9.17, 15) is 0 Å². The number of nitrogen functional groups attached to an aromatic ring is 1. The highest BCUT2D eigenvalue weighted by molar-refractivity contribution is 7.98. The third-order valence-corrected chi connectivity index (χ3v) is 2.85. The van der Waals surface area contributed by atoms with Crippen LogP contribution < -0.4 is 5.73 Å². The van der Waals surface area contributed by atoms with Gasteiger partial charge in [0.05, 0.1) is 12.0 Å². The largest absolute Gasteiger partial charge is 0.461 e. The quantitative estimate of drug-likeness (QED) is 0.677. The molecule has 0 aromatic carbocycles. The number of nitrogens with two attached hydrogens (primary N) is 1. The fourth-order valence-electron chi connectivity index (χ4n) is 1.27. The Balaban J connectivity index is 1.67. The smallest absolute Gasteiger partial charge is 0.238 e. The number of anilines is 1. The van der Waals surface area contributed by atoms with Crippen molar-refractivity contribution in [2.45, 2.75) is 10.9 Å². The maximum atomic E-state index is 5.41. The lowest BCUT2D eigenvalue weighted by molar-refractivity contribution is 0.390. The Morgan fingerprint density at radius 2 is 2.33 bits per heavy atom. The van der Waals surface area contributed by atoms with Gasteiger partial charge in [0.2, 0.25) is 22.8 Å². The molecule has 0 unspecified atom stereocenters. The summed E-state index contributed by atoms with van der Waals surface area (Å²) >= 11 is 1.34. The number of furan rings is 1. The van der Waals surface area contributed by atoms with Crippen molar-refractivity contribution in [2.24, 2.45) is 0 Å². The molecular formula is C9H8N6O2S. The average Bonchev–Trinajstić information content (AvgIpc) is 3.07. The first kappa shape index (κ1) is 10.8. The zero-order chi connectivity index (χ0) is 12.4. The minimum atomic E-state index is 0.277. The van der Waals surface area contributed by atoms with E-state index in [1.807, 2.05) is 0 Å². The number of rotatable bonds is 4. The van der Waals surface area contributed by atoms with Crippen LogP contribution in [0.15, 0.2) is 32.5 Å². The van der Waals surface area contributed by atoms with E-state index in [1.165, 1.54) is 11.8 Å². The maximum absolute atomic E-state index is 5.41. The van der Waals surface area contributed by atoms with Gasteiger partial charge in [-0.2, -0.15) is 9.97 Å². The molecule has 3 heterocycles. The number of aromatic nitrogens is 5. The van der Waals surface area contributed by atoms with Crippen LogP contribution in [0.1, 0.15) is 5.89 Å². The fourth-order valence-corrected chi connectivity index (χ4v) is 1.91. The minimum Gasteiger partial charge on any atom is -0.461 e. The molecule has 0 bridgehead atoms. The van der Waals surface area contributed by atoms with Crippen molar-refractivity contribution < 1.29 is 8.94 Å². The highest BCUT2D eigenvalue weighted by atomic mass is 32.2. The molecule has 9 heteroatoms. The monoisotopic (exact) mass is 264 g/mol. The molecule has 3 aromatic rings. The molecule has 8 nitrogen and oxygen atoms in total. The summed E-state index contributed by atoms with van der Waals surface area (Å²) < 4.78 is 10.2. The molecule has 0 atom stereocenters. The third-order valence-electron chi connectivity index (χ3n) is 2.02. The molecule has 3 N–H and O–H groups in total. The van der Waals surface area contributed by atoms with Gasteiger partial charge >= 0.3 is 0 Å². The molecule has 92 valence electrons. The van der Waals surface area contributed by atoms with Crippen molar-refractivity contribution in [1.29, 1.82) is 0 Å². The summed E-state index contributed by atoms with van der Waals surface area (Å²) in [5.41, 5.74) is 5.41. The van der Waals surface area contributed by atoms with Crippen LogP contribution in [0.4, 0.5) is 5.95 Å². The second-order valence-electron chi connectivity index (χ2n) is 3.28. The van der Waals surface area contributed by atoms with E-state index in [2.05, 4.69) is 25.3 Å². The molecule has 0 fully saturated rings. The van der Waals surface area contributed by atoms with Crippen molar-refractivity contribution in [1.82, 2.24) is 25.3 Å². The lowest BCUT2D eigenvalue weighted by Gasteiger charge is -1.88. The number of nitrogens with zero attached hydrogens (tertiary/aromatic N) is 4. The van der Waals surface area contributed by atoms with E-state index in [0.717, 1.165) is 0 Å². The molecule has 0 aliphatic heterocycles. The molecule has 0 aliphatic rings. The van der Waals surface area contributed by atoms with Gasteiger partial charge in [0.15, 0.2) is 5.76 Å². The predicted molar refractivity (Wildman–Crippen MR) is 62.4 cm³/mol. The number of thioether (sulfide) groups is 1. The van der Waals surface area contributed by atoms with Crippen molar-refractivity contribution in [3.63, 3.8) is 0 Å². The van der Waals surface area contributed by atoms with Gasteiger partial charge in [-0.1, -0.05) is 16.9 Å². The molecular weight excluding hydrogens is 256 g/mol. The van der Waals surface area contributed by atoms with Crippen LogP contribution in [0.25, 0.3) is 11.6 Å². The normalized spacial score (nSPS) is 10.9. The van der Waals surface area contributed by atoms with E-state index >= 15 is 0 Å². The Labute approximate surface area is 105 Å². The summed E-state index contributed by atoms with van der Waals surface area (Å²) in [5.74, 6) is 2.20. The van der Waals surface area contributed by atoms with Gasteiger partial charge in [0.1, 0.15) is 0 Å². The van der Waals surface area contributed by atoms with Crippen molar-refractivity contribution >= 4 is 17.7 Å². The SMILES string of the molecule is Nc1nc(SCc2nc(-c3ccco3)no2)n[nH]1. The first-order chi connectivity index (χ1) is 8.81. The van der Waals surface area contributed by atoms with E-state index in [4.69, 9.17) is 14.7 Å². The molecule has 0 amide bonds. The number of nitrogens with one attached hydrogen (secondary N) is 1. The summed E-state index contributed by atoms with van der Waals surface area (Å²) in [5, 5.41) is 10.8. The van der Waals surface area contributed by atoms with Crippen molar-refractivity contribution in [2.75, 3.05) is 5.73 Å². The van der Waals surface area contributed by atoms with Crippen molar-refractivity contribution in [3.05, 3.63) is 24.3 Å². The molecule has 0 radical (unpaired) electrons. The molecule has 18 heavy (non-hydrogen) atoms. The Morgan fingerprint density at radius 3 is 3.06 bits per heavy atom. The second kappa shape index (κ2) is 4.53. The molecule has 0 spiro atoms. The molecule has 3 aromatic heterocycles. The lowest BCUT2D eigenvalue weighted by Crippen LogP contribution is -1.85. The van der Waals surface area contributed by atoms with Crippen LogP contribution in [0.5, 0.6) is 0 Å². The highest BCUT2D eigenvalue weighted by Gasteiger charge is 2.12. The summed E-state index contributed by atoms with van der Waals surface area (Å²) in [6.07, 6.45) is 1.55. The Morgan fingerprint density at radius 1 is 1.39 bits per heavy atom. The minimum absolute atomic E-state index is 0.277. The van der Waals surface area contributed by atoms with Gasteiger partial charge in [-0.05, 0) is 12.1 Å². The zero-order valence-corrected chi connectivity index (χ0v) is 9.85.